The van der Waals surface area contributed by atoms with Crippen LogP contribution in [-0.2, 0) is 24.6 Å². The molecule has 118 valence electrons. The van der Waals surface area contributed by atoms with Crippen LogP contribution in [0.2, 0.25) is 0 Å². The Labute approximate surface area is 119 Å². The van der Waals surface area contributed by atoms with Crippen molar-refractivity contribution in [3.8, 4) is 0 Å². The number of hydrogen-bond acceptors (Lipinski definition) is 3. The number of hydrogen-bond donors (Lipinski definition) is 0. The third-order valence-electron chi connectivity index (χ3n) is 3.72. The molecular formula is C12H17F3N4O2. The van der Waals surface area contributed by atoms with Gasteiger partial charge < -0.3 is 4.90 Å². The normalized spacial score (nSPS) is 17.3. The summed E-state index contributed by atoms with van der Waals surface area (Å²) in [5.74, 6) is -1.15. The van der Waals surface area contributed by atoms with Gasteiger partial charge in [0.25, 0.3) is 0 Å². The first-order valence-electron chi connectivity index (χ1n) is 6.69. The van der Waals surface area contributed by atoms with Crippen LogP contribution in [0.15, 0.2) is 4.79 Å². The van der Waals surface area contributed by atoms with Crippen molar-refractivity contribution in [3.63, 3.8) is 0 Å². The molecule has 2 rings (SSSR count). The molecule has 0 aliphatic carbocycles. The minimum Gasteiger partial charge on any atom is -0.341 e. The van der Waals surface area contributed by atoms with Crippen LogP contribution in [0.3, 0.4) is 0 Å². The molecule has 1 aromatic rings. The molecule has 1 saturated heterocycles. The first kappa shape index (κ1) is 15.6. The van der Waals surface area contributed by atoms with Crippen LogP contribution in [0.1, 0.15) is 25.6 Å². The van der Waals surface area contributed by atoms with E-state index in [0.29, 0.717) is 28.3 Å². The first-order valence-corrected chi connectivity index (χ1v) is 6.69. The van der Waals surface area contributed by atoms with Gasteiger partial charge in [-0.05, 0) is 18.8 Å². The van der Waals surface area contributed by atoms with Gasteiger partial charge in [0.05, 0.1) is 0 Å². The molecule has 0 radical (unpaired) electrons. The van der Waals surface area contributed by atoms with Crippen LogP contribution >= 0.6 is 0 Å². The Balaban J connectivity index is 2.13. The average Bonchev–Trinajstić information content (AvgIpc) is 2.67. The molecule has 0 atom stereocenters. The molecule has 0 N–H and O–H groups in total. The number of alkyl halides is 3. The van der Waals surface area contributed by atoms with E-state index in [1.54, 1.807) is 4.90 Å². The Morgan fingerprint density at radius 3 is 2.38 bits per heavy atom. The van der Waals surface area contributed by atoms with E-state index in [4.69, 9.17) is 0 Å². The van der Waals surface area contributed by atoms with Gasteiger partial charge in [-0.3, -0.25) is 9.36 Å². The lowest BCUT2D eigenvalue weighted by atomic mass is 9.99. The fourth-order valence-corrected chi connectivity index (χ4v) is 2.32. The summed E-state index contributed by atoms with van der Waals surface area (Å²) in [6.07, 6.45) is -3.00. The Morgan fingerprint density at radius 2 is 1.90 bits per heavy atom. The van der Waals surface area contributed by atoms with Gasteiger partial charge >= 0.3 is 11.9 Å². The molecule has 0 saturated carbocycles. The third-order valence-corrected chi connectivity index (χ3v) is 3.72. The number of aromatic nitrogens is 3. The van der Waals surface area contributed by atoms with Crippen molar-refractivity contribution >= 4 is 5.91 Å². The summed E-state index contributed by atoms with van der Waals surface area (Å²) in [5.41, 5.74) is -0.943. The van der Waals surface area contributed by atoms with Crippen LogP contribution in [-0.4, -0.2) is 38.2 Å². The summed E-state index contributed by atoms with van der Waals surface area (Å²) in [5, 5.41) is 3.22. The number of carbonyl (C=O) groups is 1. The van der Waals surface area contributed by atoms with E-state index < -0.39 is 24.2 Å². The molecule has 21 heavy (non-hydrogen) atoms. The fourth-order valence-electron chi connectivity index (χ4n) is 2.32. The van der Waals surface area contributed by atoms with Gasteiger partial charge in [-0.15, -0.1) is 5.10 Å². The molecule has 1 fully saturated rings. The van der Waals surface area contributed by atoms with Crippen molar-refractivity contribution < 1.29 is 18.0 Å². The largest absolute Gasteiger partial charge is 0.451 e. The smallest absolute Gasteiger partial charge is 0.341 e. The number of nitrogens with zero attached hydrogens (tertiary/aromatic N) is 4. The maximum atomic E-state index is 12.6. The SMILES string of the molecule is CC1CCN(C(=O)Cn2nc(C(F)(F)F)n(C)c2=O)CC1. The maximum absolute atomic E-state index is 12.6. The number of rotatable bonds is 2. The molecule has 6 nitrogen and oxygen atoms in total. The van der Waals surface area contributed by atoms with Crippen molar-refractivity contribution in [2.24, 2.45) is 13.0 Å². The van der Waals surface area contributed by atoms with E-state index in [0.717, 1.165) is 19.9 Å². The Kier molecular flexibility index (Phi) is 4.11. The number of amides is 1. The van der Waals surface area contributed by atoms with Crippen LogP contribution < -0.4 is 5.69 Å². The van der Waals surface area contributed by atoms with E-state index in [9.17, 15) is 22.8 Å². The van der Waals surface area contributed by atoms with Gasteiger partial charge in [-0.1, -0.05) is 6.92 Å². The van der Waals surface area contributed by atoms with Crippen LogP contribution in [0.5, 0.6) is 0 Å². The number of halogens is 3. The Bertz CT molecular complexity index is 582. The fraction of sp³-hybridized carbons (Fsp3) is 0.750. The summed E-state index contributed by atoms with van der Waals surface area (Å²) in [6, 6.07) is 0. The van der Waals surface area contributed by atoms with Crippen molar-refractivity contribution in [2.75, 3.05) is 13.1 Å². The topological polar surface area (TPSA) is 60.1 Å². The molecule has 9 heteroatoms. The van der Waals surface area contributed by atoms with Crippen LogP contribution in [0, 0.1) is 5.92 Å². The van der Waals surface area contributed by atoms with E-state index >= 15 is 0 Å². The molecule has 0 spiro atoms. The maximum Gasteiger partial charge on any atom is 0.451 e. The second-order valence-electron chi connectivity index (χ2n) is 5.38. The molecule has 0 bridgehead atoms. The summed E-state index contributed by atoms with van der Waals surface area (Å²) in [6.45, 7) is 2.75. The van der Waals surface area contributed by atoms with E-state index in [-0.39, 0.29) is 5.91 Å². The van der Waals surface area contributed by atoms with Crippen molar-refractivity contribution in [1.82, 2.24) is 19.2 Å². The highest BCUT2D eigenvalue weighted by Gasteiger charge is 2.38. The van der Waals surface area contributed by atoms with Gasteiger partial charge in [0.2, 0.25) is 11.7 Å². The first-order chi connectivity index (χ1) is 9.70. The highest BCUT2D eigenvalue weighted by molar-refractivity contribution is 5.75. The van der Waals surface area contributed by atoms with Gasteiger partial charge in [0.1, 0.15) is 6.54 Å². The quantitative estimate of drug-likeness (QED) is 0.814. The van der Waals surface area contributed by atoms with Crippen molar-refractivity contribution in [1.29, 1.82) is 0 Å². The second-order valence-corrected chi connectivity index (χ2v) is 5.38. The summed E-state index contributed by atoms with van der Waals surface area (Å²) in [7, 11) is 0.988. The summed E-state index contributed by atoms with van der Waals surface area (Å²) < 4.78 is 38.9. The van der Waals surface area contributed by atoms with E-state index in [2.05, 4.69) is 12.0 Å². The van der Waals surface area contributed by atoms with E-state index in [1.807, 2.05) is 0 Å². The van der Waals surface area contributed by atoms with Crippen LogP contribution in [0.4, 0.5) is 13.2 Å². The molecule has 1 amide bonds. The van der Waals surface area contributed by atoms with Gasteiger partial charge in [-0.25, -0.2) is 9.48 Å². The lowest BCUT2D eigenvalue weighted by Crippen LogP contribution is -2.41. The Morgan fingerprint density at radius 1 is 1.33 bits per heavy atom. The molecule has 2 heterocycles. The molecular weight excluding hydrogens is 289 g/mol. The molecule has 1 aliphatic rings. The molecule has 1 aromatic heterocycles. The third kappa shape index (κ3) is 3.27. The summed E-state index contributed by atoms with van der Waals surface area (Å²) >= 11 is 0. The average molecular weight is 306 g/mol. The summed E-state index contributed by atoms with van der Waals surface area (Å²) in [4.78, 5) is 25.3. The van der Waals surface area contributed by atoms with Crippen molar-refractivity contribution in [2.45, 2.75) is 32.5 Å². The predicted molar refractivity (Wildman–Crippen MR) is 67.4 cm³/mol. The van der Waals surface area contributed by atoms with Crippen molar-refractivity contribution in [3.05, 3.63) is 16.3 Å². The van der Waals surface area contributed by atoms with Gasteiger partial charge in [0.15, 0.2) is 0 Å². The zero-order chi connectivity index (χ0) is 15.8. The minimum atomic E-state index is -4.72. The lowest BCUT2D eigenvalue weighted by molar-refractivity contribution is -0.147. The molecule has 1 aliphatic heterocycles. The number of piperidine rings is 1. The number of likely N-dealkylation sites (tertiary alicyclic amines) is 1. The standard InChI is InChI=1S/C12H17F3N4O2/c1-8-3-5-18(6-4-8)9(20)7-19-11(21)17(2)10(16-19)12(13,14)15/h8H,3-7H2,1-2H3. The Hall–Kier alpha value is -1.80. The second kappa shape index (κ2) is 5.53. The zero-order valence-corrected chi connectivity index (χ0v) is 11.9. The highest BCUT2D eigenvalue weighted by atomic mass is 19.4. The highest BCUT2D eigenvalue weighted by Crippen LogP contribution is 2.26. The van der Waals surface area contributed by atoms with E-state index in [1.165, 1.54) is 0 Å². The molecule has 0 unspecified atom stereocenters. The minimum absolute atomic E-state index is 0.379. The number of carbonyl (C=O) groups excluding carboxylic acids is 1. The predicted octanol–water partition coefficient (Wildman–Crippen LogP) is 0.859. The van der Waals surface area contributed by atoms with Crippen LogP contribution in [0.25, 0.3) is 0 Å². The van der Waals surface area contributed by atoms with Gasteiger partial charge in [-0.2, -0.15) is 13.2 Å². The molecule has 0 aromatic carbocycles. The monoisotopic (exact) mass is 306 g/mol. The van der Waals surface area contributed by atoms with Gasteiger partial charge in [0, 0.05) is 20.1 Å². The lowest BCUT2D eigenvalue weighted by Gasteiger charge is -2.30. The zero-order valence-electron chi connectivity index (χ0n) is 11.9.